The van der Waals surface area contributed by atoms with Crippen molar-refractivity contribution in [1.82, 2.24) is 5.32 Å². The van der Waals surface area contributed by atoms with E-state index in [1.807, 2.05) is 6.08 Å². The molecule has 1 fully saturated rings. The number of hydrogen-bond donors (Lipinski definition) is 6. The van der Waals surface area contributed by atoms with Crippen LogP contribution in [0.25, 0.3) is 0 Å². The van der Waals surface area contributed by atoms with Gasteiger partial charge in [0.05, 0.1) is 25.4 Å². The number of amides is 1. The van der Waals surface area contributed by atoms with Crippen LogP contribution in [0.2, 0.25) is 0 Å². The van der Waals surface area contributed by atoms with E-state index in [0.29, 0.717) is 12.8 Å². The van der Waals surface area contributed by atoms with Crippen LogP contribution >= 0.6 is 0 Å². The summed E-state index contributed by atoms with van der Waals surface area (Å²) < 4.78 is 17.7. The molecule has 482 valence electrons. The van der Waals surface area contributed by atoms with E-state index in [1.54, 1.807) is 6.08 Å². The molecule has 0 spiro atoms. The van der Waals surface area contributed by atoms with E-state index >= 15 is 0 Å². The minimum absolute atomic E-state index is 0.119. The summed E-state index contributed by atoms with van der Waals surface area (Å²) in [6.45, 7) is 5.76. The molecule has 0 bridgehead atoms. The minimum atomic E-state index is -1.62. The number of nitrogens with one attached hydrogen (secondary N) is 1. The summed E-state index contributed by atoms with van der Waals surface area (Å²) in [5.41, 5.74) is 0. The highest BCUT2D eigenvalue weighted by molar-refractivity contribution is 5.80. The van der Waals surface area contributed by atoms with Crippen LogP contribution in [-0.4, -0.2) is 99.6 Å². The highest BCUT2D eigenvalue weighted by atomic mass is 16.7. The summed E-state index contributed by atoms with van der Waals surface area (Å²) in [6, 6.07) is -1.03. The molecule has 0 aliphatic carbocycles. The molecule has 8 atom stereocenters. The first-order valence-electron chi connectivity index (χ1n) is 34.7. The standard InChI is InChI=1S/C72H129NO10/c1-4-7-10-13-16-19-22-25-27-29-31-33-35-37-39-42-45-48-51-54-57-60-67(77)83-70-69(79)68(78)66(61-74)82-72(70)81-62-63(64(75)58-55-52-49-46-43-40-24-21-18-15-12-9-6-3)73-71(80)65(76)59-56-53-50-47-44-41-38-36-34-32-30-28-26-23-20-17-14-11-8-5-2/h16-17,19-20,25-28,32,34,55,58,63-66,68-70,72,74-76,78-79H,4-15,18,21-24,29-31,33,35-54,56-57,59-62H2,1-3H3,(H,73,80)/b19-16-,20-17-,27-25-,28-26-,34-32-,58-55+. The molecule has 1 aliphatic rings. The molecule has 0 saturated carbocycles. The Labute approximate surface area is 509 Å². The highest BCUT2D eigenvalue weighted by Gasteiger charge is 2.47. The van der Waals surface area contributed by atoms with Crippen LogP contribution in [0.1, 0.15) is 310 Å². The first-order valence-corrected chi connectivity index (χ1v) is 34.7. The average Bonchev–Trinajstić information content (AvgIpc) is 3.54. The van der Waals surface area contributed by atoms with Crippen LogP contribution in [0.15, 0.2) is 72.9 Å². The summed E-state index contributed by atoms with van der Waals surface area (Å²) in [6.07, 6.45) is 66.4. The van der Waals surface area contributed by atoms with Crippen molar-refractivity contribution in [2.24, 2.45) is 0 Å². The van der Waals surface area contributed by atoms with Crippen molar-refractivity contribution in [3.63, 3.8) is 0 Å². The Bertz CT molecular complexity index is 1630. The fourth-order valence-electron chi connectivity index (χ4n) is 10.6. The van der Waals surface area contributed by atoms with E-state index in [4.69, 9.17) is 14.2 Å². The van der Waals surface area contributed by atoms with Crippen molar-refractivity contribution in [2.75, 3.05) is 13.2 Å². The van der Waals surface area contributed by atoms with Crippen molar-refractivity contribution in [1.29, 1.82) is 0 Å². The lowest BCUT2D eigenvalue weighted by atomic mass is 9.99. The predicted octanol–water partition coefficient (Wildman–Crippen LogP) is 17.5. The van der Waals surface area contributed by atoms with Gasteiger partial charge in [0.15, 0.2) is 12.4 Å². The van der Waals surface area contributed by atoms with Gasteiger partial charge in [-0.05, 0) is 96.3 Å². The molecule has 6 N–H and O–H groups in total. The van der Waals surface area contributed by atoms with E-state index in [0.717, 1.165) is 89.9 Å². The van der Waals surface area contributed by atoms with Gasteiger partial charge in [0.25, 0.3) is 0 Å². The molecule has 0 aromatic rings. The van der Waals surface area contributed by atoms with Gasteiger partial charge < -0.3 is 45.1 Å². The smallest absolute Gasteiger partial charge is 0.306 e. The van der Waals surface area contributed by atoms with Gasteiger partial charge in [-0.2, -0.15) is 0 Å². The van der Waals surface area contributed by atoms with Crippen LogP contribution in [0.4, 0.5) is 0 Å². The van der Waals surface area contributed by atoms with Gasteiger partial charge in [0.2, 0.25) is 5.91 Å². The lowest BCUT2D eigenvalue weighted by Gasteiger charge is -2.41. The third kappa shape index (κ3) is 46.9. The average molecular weight is 1170 g/mol. The van der Waals surface area contributed by atoms with Gasteiger partial charge in [-0.15, -0.1) is 0 Å². The van der Waals surface area contributed by atoms with Gasteiger partial charge in [-0.1, -0.05) is 280 Å². The quantitative estimate of drug-likeness (QED) is 0.0195. The minimum Gasteiger partial charge on any atom is -0.454 e. The molecule has 11 nitrogen and oxygen atoms in total. The second-order valence-electron chi connectivity index (χ2n) is 23.9. The number of aliphatic hydroxyl groups is 5. The van der Waals surface area contributed by atoms with Crippen molar-refractivity contribution in [3.05, 3.63) is 72.9 Å². The summed E-state index contributed by atoms with van der Waals surface area (Å²) in [5.74, 6) is -1.20. The third-order valence-electron chi connectivity index (χ3n) is 16.1. The number of aliphatic hydroxyl groups excluding tert-OH is 5. The molecule has 1 rings (SSSR count). The van der Waals surface area contributed by atoms with Gasteiger partial charge in [-0.3, -0.25) is 9.59 Å². The van der Waals surface area contributed by atoms with Gasteiger partial charge >= 0.3 is 5.97 Å². The molecule has 1 saturated heterocycles. The maximum atomic E-state index is 13.5. The molecule has 8 unspecified atom stereocenters. The summed E-state index contributed by atoms with van der Waals surface area (Å²) in [7, 11) is 0. The van der Waals surface area contributed by atoms with Crippen LogP contribution in [0.5, 0.6) is 0 Å². The van der Waals surface area contributed by atoms with Crippen LogP contribution < -0.4 is 5.32 Å². The second kappa shape index (κ2) is 59.4. The van der Waals surface area contributed by atoms with E-state index in [2.05, 4.69) is 86.8 Å². The highest BCUT2D eigenvalue weighted by Crippen LogP contribution is 2.26. The predicted molar refractivity (Wildman–Crippen MR) is 347 cm³/mol. The summed E-state index contributed by atoms with van der Waals surface area (Å²) in [4.78, 5) is 26.7. The van der Waals surface area contributed by atoms with Gasteiger partial charge in [0.1, 0.15) is 24.4 Å². The normalized spacial score (nSPS) is 19.0. The molecule has 1 aliphatic heterocycles. The zero-order valence-corrected chi connectivity index (χ0v) is 53.6. The van der Waals surface area contributed by atoms with E-state index in [9.17, 15) is 35.1 Å². The lowest BCUT2D eigenvalue weighted by molar-refractivity contribution is -0.305. The molecule has 0 aromatic heterocycles. The lowest BCUT2D eigenvalue weighted by Crippen LogP contribution is -2.61. The Morgan fingerprint density at radius 1 is 0.470 bits per heavy atom. The molecular weight excluding hydrogens is 1040 g/mol. The Morgan fingerprint density at radius 3 is 1.27 bits per heavy atom. The zero-order chi connectivity index (χ0) is 60.3. The van der Waals surface area contributed by atoms with Crippen LogP contribution in [0.3, 0.4) is 0 Å². The molecule has 0 radical (unpaired) electrons. The summed E-state index contributed by atoms with van der Waals surface area (Å²) >= 11 is 0. The SMILES string of the molecule is CCCCC/C=C\C/C=C\C/C=C\CCCCCCCCCC(O)C(=O)NC(COC1OC(CO)C(O)C(O)C1OC(=O)CCCCCCCCCCCCC/C=C\C/C=C\CCCCC)C(O)/C=C/CCCCCCCCCCCCC. The fraction of sp³-hybridized carbons (Fsp3) is 0.806. The van der Waals surface area contributed by atoms with Crippen molar-refractivity contribution in [2.45, 2.75) is 359 Å². The number of hydrogen-bond acceptors (Lipinski definition) is 10. The monoisotopic (exact) mass is 1170 g/mol. The topological polar surface area (TPSA) is 175 Å². The van der Waals surface area contributed by atoms with Gasteiger partial charge in [-0.25, -0.2) is 0 Å². The van der Waals surface area contributed by atoms with Crippen molar-refractivity contribution < 1.29 is 49.3 Å². The maximum absolute atomic E-state index is 13.5. The largest absolute Gasteiger partial charge is 0.454 e. The van der Waals surface area contributed by atoms with E-state index in [-0.39, 0.29) is 19.4 Å². The number of unbranched alkanes of at least 4 members (excludes halogenated alkanes) is 35. The maximum Gasteiger partial charge on any atom is 0.306 e. The second-order valence-corrected chi connectivity index (χ2v) is 23.9. The first kappa shape index (κ1) is 78.1. The molecule has 11 heteroatoms. The number of allylic oxidation sites excluding steroid dienone is 11. The summed E-state index contributed by atoms with van der Waals surface area (Å²) in [5, 5.41) is 57.2. The number of rotatable bonds is 59. The van der Waals surface area contributed by atoms with E-state index < -0.39 is 67.4 Å². The first-order chi connectivity index (χ1) is 40.7. The number of carbonyl (C=O) groups excluding carboxylic acids is 2. The number of carbonyl (C=O) groups is 2. The Hall–Kier alpha value is -2.90. The Morgan fingerprint density at radius 2 is 0.831 bits per heavy atom. The Balaban J connectivity index is 2.63. The van der Waals surface area contributed by atoms with Crippen molar-refractivity contribution >= 4 is 11.9 Å². The third-order valence-corrected chi connectivity index (χ3v) is 16.1. The van der Waals surface area contributed by atoms with Gasteiger partial charge in [0, 0.05) is 6.42 Å². The number of ether oxygens (including phenoxy) is 3. The van der Waals surface area contributed by atoms with Crippen LogP contribution in [-0.2, 0) is 23.8 Å². The molecule has 1 amide bonds. The number of esters is 1. The van der Waals surface area contributed by atoms with Crippen LogP contribution in [0, 0.1) is 0 Å². The zero-order valence-electron chi connectivity index (χ0n) is 53.6. The molecule has 1 heterocycles. The van der Waals surface area contributed by atoms with Crippen molar-refractivity contribution in [3.8, 4) is 0 Å². The Kier molecular flexibility index (Phi) is 55.9. The fourth-order valence-corrected chi connectivity index (χ4v) is 10.6. The molecule has 0 aromatic carbocycles. The molecular formula is C72H129NO10. The molecule has 83 heavy (non-hydrogen) atoms. The van der Waals surface area contributed by atoms with E-state index in [1.165, 1.54) is 173 Å².